The average Bonchev–Trinajstić information content (AvgIpc) is 2.95. The second kappa shape index (κ2) is 10.9. The lowest BCUT2D eigenvalue weighted by molar-refractivity contribution is 0.0221. The summed E-state index contributed by atoms with van der Waals surface area (Å²) in [6, 6.07) is 13.4. The van der Waals surface area contributed by atoms with E-state index in [0.717, 1.165) is 73.5 Å². The van der Waals surface area contributed by atoms with Crippen LogP contribution in [0.4, 0.5) is 10.5 Å². The molecular formula is C32H39N7O2. The van der Waals surface area contributed by atoms with Gasteiger partial charge in [-0.15, -0.1) is 0 Å². The van der Waals surface area contributed by atoms with E-state index in [1.165, 1.54) is 5.56 Å². The van der Waals surface area contributed by atoms with Crippen LogP contribution in [0.5, 0.6) is 0 Å². The van der Waals surface area contributed by atoms with E-state index in [1.807, 2.05) is 39.1 Å². The van der Waals surface area contributed by atoms with Crippen LogP contribution in [0.3, 0.4) is 0 Å². The molecule has 2 fully saturated rings. The molecular weight excluding hydrogens is 514 g/mol. The Morgan fingerprint density at radius 3 is 2.78 bits per heavy atom. The van der Waals surface area contributed by atoms with E-state index in [4.69, 9.17) is 9.72 Å². The number of hydrogen-bond acceptors (Lipinski definition) is 8. The van der Waals surface area contributed by atoms with Crippen molar-refractivity contribution in [2.24, 2.45) is 0 Å². The van der Waals surface area contributed by atoms with Crippen molar-refractivity contribution in [3.05, 3.63) is 65.1 Å². The summed E-state index contributed by atoms with van der Waals surface area (Å²) in [5, 5.41) is 10.6. The zero-order valence-electron chi connectivity index (χ0n) is 24.5. The van der Waals surface area contributed by atoms with Crippen LogP contribution >= 0.6 is 0 Å². The molecule has 1 aromatic carbocycles. The number of ether oxygens (including phenoxy) is 1. The van der Waals surface area contributed by atoms with Gasteiger partial charge in [-0.2, -0.15) is 5.26 Å². The first-order chi connectivity index (χ1) is 19.7. The van der Waals surface area contributed by atoms with Crippen LogP contribution in [-0.4, -0.2) is 87.7 Å². The predicted molar refractivity (Wildman–Crippen MR) is 158 cm³/mol. The first kappa shape index (κ1) is 27.4. The van der Waals surface area contributed by atoms with Crippen molar-refractivity contribution in [1.82, 2.24) is 24.7 Å². The van der Waals surface area contributed by atoms with Gasteiger partial charge in [-0.1, -0.05) is 0 Å². The number of anilines is 1. The summed E-state index contributed by atoms with van der Waals surface area (Å²) in [5.74, 6) is 0. The number of carbonyl (C=O) groups is 1. The Balaban J connectivity index is 1.15. The molecule has 9 nitrogen and oxygen atoms in total. The molecule has 6 rings (SSSR count). The quantitative estimate of drug-likeness (QED) is 0.477. The normalized spacial score (nSPS) is 21.7. The summed E-state index contributed by atoms with van der Waals surface area (Å²) in [5.41, 5.74) is 5.44. The Labute approximate surface area is 242 Å². The van der Waals surface area contributed by atoms with Crippen molar-refractivity contribution in [1.29, 1.82) is 5.26 Å². The maximum Gasteiger partial charge on any atom is 0.410 e. The molecule has 1 amide bonds. The van der Waals surface area contributed by atoms with Crippen LogP contribution in [0.25, 0.3) is 10.9 Å². The fourth-order valence-electron chi connectivity index (χ4n) is 6.60. The molecule has 0 aliphatic carbocycles. The Bertz CT molecular complexity index is 1490. The van der Waals surface area contributed by atoms with E-state index in [2.05, 4.69) is 50.9 Å². The minimum atomic E-state index is -0.504. The number of carbonyl (C=O) groups excluding carboxylic acids is 1. The molecule has 0 spiro atoms. The van der Waals surface area contributed by atoms with Crippen molar-refractivity contribution in [2.75, 3.05) is 44.2 Å². The predicted octanol–water partition coefficient (Wildman–Crippen LogP) is 4.19. The van der Waals surface area contributed by atoms with Crippen molar-refractivity contribution in [3.63, 3.8) is 0 Å². The third-order valence-electron chi connectivity index (χ3n) is 8.46. The fraction of sp³-hybridized carbons (Fsp3) is 0.500. The van der Waals surface area contributed by atoms with Gasteiger partial charge < -0.3 is 14.5 Å². The minimum absolute atomic E-state index is 0.258. The highest BCUT2D eigenvalue weighted by Crippen LogP contribution is 2.32. The smallest absolute Gasteiger partial charge is 0.410 e. The Morgan fingerprint density at radius 1 is 1.12 bits per heavy atom. The highest BCUT2D eigenvalue weighted by atomic mass is 16.6. The van der Waals surface area contributed by atoms with Crippen LogP contribution in [0, 0.1) is 11.3 Å². The summed E-state index contributed by atoms with van der Waals surface area (Å²) in [7, 11) is 0. The number of fused-ring (bicyclic) bond motifs is 3. The summed E-state index contributed by atoms with van der Waals surface area (Å²) in [6.07, 6.45) is 4.27. The maximum absolute atomic E-state index is 12.7. The maximum atomic E-state index is 12.7. The lowest BCUT2D eigenvalue weighted by atomic mass is 10.00. The lowest BCUT2D eigenvalue weighted by Crippen LogP contribution is -2.65. The number of hydrogen-bond donors (Lipinski definition) is 0. The molecule has 3 aliphatic heterocycles. The third-order valence-corrected chi connectivity index (χ3v) is 8.46. The van der Waals surface area contributed by atoms with E-state index in [0.29, 0.717) is 30.7 Å². The standard InChI is InChI=1S/C32H39N7O2/c1-22-17-38(29-8-7-24(15-33)30-27(29)6-5-10-34-30)21-26-20-36(12-13-39(22)26)18-23-14-25-19-37(11-9-28(25)35-16-23)31(40)41-32(2,3)4/h5-8,10,14,16,22,26H,9,11-13,17-21H2,1-4H3. The molecule has 2 atom stereocenters. The van der Waals surface area contributed by atoms with Gasteiger partial charge in [0, 0.05) is 93.5 Å². The number of piperazine rings is 2. The fourth-order valence-corrected chi connectivity index (χ4v) is 6.60. The van der Waals surface area contributed by atoms with Crippen LogP contribution in [0.15, 0.2) is 42.7 Å². The molecule has 2 unspecified atom stereocenters. The number of benzene rings is 1. The number of aromatic nitrogens is 2. The number of amides is 1. The molecule has 3 aliphatic rings. The highest BCUT2D eigenvalue weighted by molar-refractivity contribution is 5.95. The van der Waals surface area contributed by atoms with Crippen LogP contribution < -0.4 is 4.90 Å². The van der Waals surface area contributed by atoms with Crippen molar-refractivity contribution in [3.8, 4) is 6.07 Å². The van der Waals surface area contributed by atoms with Crippen LogP contribution in [0.1, 0.15) is 50.1 Å². The second-order valence-electron chi connectivity index (χ2n) is 12.6. The molecule has 0 N–H and O–H groups in total. The van der Waals surface area contributed by atoms with E-state index in [9.17, 15) is 10.1 Å². The third kappa shape index (κ3) is 5.72. The number of nitrogens with zero attached hydrogens (tertiary/aromatic N) is 7. The van der Waals surface area contributed by atoms with Gasteiger partial charge in [-0.3, -0.25) is 19.8 Å². The molecule has 0 saturated carbocycles. The van der Waals surface area contributed by atoms with Gasteiger partial charge >= 0.3 is 6.09 Å². The largest absolute Gasteiger partial charge is 0.444 e. The van der Waals surface area contributed by atoms with Gasteiger partial charge in [0.1, 0.15) is 11.7 Å². The topological polar surface area (TPSA) is 88.8 Å². The molecule has 0 bridgehead atoms. The van der Waals surface area contributed by atoms with Gasteiger partial charge in [0.2, 0.25) is 0 Å². The van der Waals surface area contributed by atoms with Crippen molar-refractivity contribution >= 4 is 22.7 Å². The van der Waals surface area contributed by atoms with Gasteiger partial charge in [0.25, 0.3) is 0 Å². The molecule has 41 heavy (non-hydrogen) atoms. The van der Waals surface area contributed by atoms with E-state index in [-0.39, 0.29) is 6.09 Å². The van der Waals surface area contributed by atoms with E-state index < -0.39 is 5.60 Å². The van der Waals surface area contributed by atoms with Crippen LogP contribution in [-0.2, 0) is 24.2 Å². The second-order valence-corrected chi connectivity index (χ2v) is 12.6. The highest BCUT2D eigenvalue weighted by Gasteiger charge is 2.37. The number of pyridine rings is 2. The minimum Gasteiger partial charge on any atom is -0.444 e. The Kier molecular flexibility index (Phi) is 7.30. The SMILES string of the molecule is CC1CN(c2ccc(C#N)c3ncccc23)CC2CN(Cc3cnc4c(c3)CN(C(=O)OC(C)(C)C)CC4)CCN12. The molecule has 3 aromatic rings. The lowest BCUT2D eigenvalue weighted by Gasteiger charge is -2.51. The van der Waals surface area contributed by atoms with Gasteiger partial charge in [0.05, 0.1) is 17.6 Å². The Morgan fingerprint density at radius 2 is 1.98 bits per heavy atom. The first-order valence-corrected chi connectivity index (χ1v) is 14.6. The Hall–Kier alpha value is -3.74. The zero-order chi connectivity index (χ0) is 28.7. The van der Waals surface area contributed by atoms with Crippen molar-refractivity contribution < 1.29 is 9.53 Å². The van der Waals surface area contributed by atoms with E-state index >= 15 is 0 Å². The van der Waals surface area contributed by atoms with Gasteiger partial charge in [0.15, 0.2) is 0 Å². The van der Waals surface area contributed by atoms with Gasteiger partial charge in [-0.25, -0.2) is 4.79 Å². The first-order valence-electron chi connectivity index (χ1n) is 14.6. The van der Waals surface area contributed by atoms with Crippen LogP contribution in [0.2, 0.25) is 0 Å². The molecule has 0 radical (unpaired) electrons. The summed E-state index contributed by atoms with van der Waals surface area (Å²) < 4.78 is 5.61. The molecule has 2 saturated heterocycles. The molecule has 214 valence electrons. The van der Waals surface area contributed by atoms with Crippen molar-refractivity contribution in [2.45, 2.75) is 64.9 Å². The average molecular weight is 554 g/mol. The summed E-state index contributed by atoms with van der Waals surface area (Å²) >= 11 is 0. The number of nitriles is 1. The van der Waals surface area contributed by atoms with Gasteiger partial charge in [-0.05, 0) is 69.2 Å². The number of rotatable bonds is 3. The molecule has 5 heterocycles. The monoisotopic (exact) mass is 553 g/mol. The zero-order valence-corrected chi connectivity index (χ0v) is 24.5. The molecule has 9 heteroatoms. The van der Waals surface area contributed by atoms with E-state index in [1.54, 1.807) is 11.1 Å². The molecule has 2 aromatic heterocycles. The summed E-state index contributed by atoms with van der Waals surface area (Å²) in [6.45, 7) is 15.0. The summed E-state index contributed by atoms with van der Waals surface area (Å²) in [4.78, 5) is 31.4.